The fourth-order valence-electron chi connectivity index (χ4n) is 6.31. The predicted octanol–water partition coefficient (Wildman–Crippen LogP) is 2.89. The molecule has 1 aliphatic heterocycles. The van der Waals surface area contributed by atoms with Crippen molar-refractivity contribution in [2.75, 3.05) is 13.2 Å². The van der Waals surface area contributed by atoms with Crippen LogP contribution in [-0.2, 0) is 26.9 Å². The van der Waals surface area contributed by atoms with E-state index in [9.17, 15) is 9.59 Å². The van der Waals surface area contributed by atoms with Gasteiger partial charge in [0, 0.05) is 17.9 Å². The molecule has 3 fully saturated rings. The predicted molar refractivity (Wildman–Crippen MR) is 114 cm³/mol. The van der Waals surface area contributed by atoms with Crippen LogP contribution < -0.4 is 5.69 Å². The van der Waals surface area contributed by atoms with Crippen LogP contribution in [0.5, 0.6) is 0 Å². The van der Waals surface area contributed by atoms with Crippen molar-refractivity contribution in [1.29, 1.82) is 0 Å². The molecule has 3 atom stereocenters. The summed E-state index contributed by atoms with van der Waals surface area (Å²) in [6, 6.07) is 0. The van der Waals surface area contributed by atoms with Gasteiger partial charge < -0.3 is 14.2 Å². The van der Waals surface area contributed by atoms with Crippen molar-refractivity contribution in [2.45, 2.75) is 62.3 Å². The minimum absolute atomic E-state index is 0.171. The molecule has 0 radical (unpaired) electrons. The van der Waals surface area contributed by atoms with Gasteiger partial charge in [-0.1, -0.05) is 23.2 Å². The summed E-state index contributed by atoms with van der Waals surface area (Å²) in [6.07, 6.45) is 6.67. The van der Waals surface area contributed by atoms with Gasteiger partial charge in [-0.3, -0.25) is 9.36 Å². The molecular formula is C22H22ClN5O4. The number of ether oxygens (including phenoxy) is 1. The Kier molecular flexibility index (Phi) is 3.73. The molecule has 9 nitrogen and oxygen atoms in total. The van der Waals surface area contributed by atoms with Crippen molar-refractivity contribution in [1.82, 2.24) is 24.7 Å². The van der Waals surface area contributed by atoms with Crippen molar-refractivity contribution in [3.63, 3.8) is 0 Å². The highest BCUT2D eigenvalue weighted by atomic mass is 35.5. The molecule has 1 spiro atoms. The van der Waals surface area contributed by atoms with Crippen molar-refractivity contribution in [2.24, 2.45) is 5.92 Å². The van der Waals surface area contributed by atoms with Crippen LogP contribution in [0, 0.1) is 5.92 Å². The minimum atomic E-state index is -0.567. The van der Waals surface area contributed by atoms with Crippen LogP contribution in [0.25, 0.3) is 22.7 Å². The van der Waals surface area contributed by atoms with Gasteiger partial charge in [0.1, 0.15) is 11.3 Å². The SMILES string of the molecule is O=C1CCCC[C@@]12CCCc1c(-c3nc(Cl)c4[nH]c(=O)n(C56COC[C@@H]5C6)c4n3)noc12. The number of halogens is 1. The number of aromatic amines is 1. The maximum Gasteiger partial charge on any atom is 0.328 e. The Labute approximate surface area is 187 Å². The van der Waals surface area contributed by atoms with Crippen LogP contribution in [-0.4, -0.2) is 43.7 Å². The van der Waals surface area contributed by atoms with E-state index in [4.69, 9.17) is 25.8 Å². The third kappa shape index (κ3) is 2.30. The third-order valence-corrected chi connectivity index (χ3v) is 8.34. The van der Waals surface area contributed by atoms with Gasteiger partial charge in [-0.25, -0.2) is 14.8 Å². The number of rotatable bonds is 2. The largest absolute Gasteiger partial charge is 0.379 e. The molecule has 166 valence electrons. The van der Waals surface area contributed by atoms with E-state index < -0.39 is 5.41 Å². The van der Waals surface area contributed by atoms with E-state index in [0.717, 1.165) is 50.5 Å². The van der Waals surface area contributed by atoms with E-state index in [0.29, 0.717) is 54.0 Å². The topological polar surface area (TPSA) is 116 Å². The smallest absolute Gasteiger partial charge is 0.328 e. The lowest BCUT2D eigenvalue weighted by Crippen LogP contribution is -2.41. The Bertz CT molecular complexity index is 1360. The molecule has 0 amide bonds. The van der Waals surface area contributed by atoms with Gasteiger partial charge in [0.15, 0.2) is 28.1 Å². The first-order chi connectivity index (χ1) is 15.5. The van der Waals surface area contributed by atoms with Gasteiger partial charge in [0.25, 0.3) is 0 Å². The number of hydrogen-bond acceptors (Lipinski definition) is 7. The quantitative estimate of drug-likeness (QED) is 0.590. The monoisotopic (exact) mass is 455 g/mol. The van der Waals surface area contributed by atoms with E-state index in [1.54, 1.807) is 4.57 Å². The molecule has 1 saturated heterocycles. The summed E-state index contributed by atoms with van der Waals surface area (Å²) < 4.78 is 13.1. The Morgan fingerprint density at radius 3 is 2.78 bits per heavy atom. The fraction of sp³-hybridized carbons (Fsp3) is 0.591. The molecule has 3 aromatic heterocycles. The molecule has 10 heteroatoms. The Morgan fingerprint density at radius 2 is 2.00 bits per heavy atom. The van der Waals surface area contributed by atoms with Crippen LogP contribution in [0.3, 0.4) is 0 Å². The number of hydrogen-bond donors (Lipinski definition) is 1. The van der Waals surface area contributed by atoms with Crippen LogP contribution >= 0.6 is 11.6 Å². The molecule has 3 aromatic rings. The maximum absolute atomic E-state index is 12.9. The summed E-state index contributed by atoms with van der Waals surface area (Å²) >= 11 is 6.50. The molecule has 2 saturated carbocycles. The first kappa shape index (κ1) is 19.0. The number of aromatic nitrogens is 5. The fourth-order valence-corrected chi connectivity index (χ4v) is 6.53. The second-order valence-corrected chi connectivity index (χ2v) is 10.1. The number of fused-ring (bicyclic) bond motifs is 4. The van der Waals surface area contributed by atoms with Gasteiger partial charge in [-0.05, 0) is 38.5 Å². The van der Waals surface area contributed by atoms with Crippen LogP contribution in [0.2, 0.25) is 5.15 Å². The Balaban J connectivity index is 1.40. The number of nitrogens with zero attached hydrogens (tertiary/aromatic N) is 4. The summed E-state index contributed by atoms with van der Waals surface area (Å²) in [5.41, 5.74) is 1.13. The molecule has 3 aliphatic carbocycles. The standard InChI is InChI=1S/C22H22ClN5O4/c23-17-15-19(28(20(30)24-15)22-8-11(22)9-31-10-22)26-18(25-17)14-12-4-3-7-21(16(12)32-27-14)6-2-1-5-13(21)29/h11H,1-10H2,(H,24,30)/t11-,21+,22?/m0/s1. The summed E-state index contributed by atoms with van der Waals surface area (Å²) in [6.45, 7) is 1.14. The van der Waals surface area contributed by atoms with E-state index >= 15 is 0 Å². The lowest BCUT2D eigenvalue weighted by Gasteiger charge is -2.36. The number of Topliss-reactive ketones (excluding diaryl/α,β-unsaturated/α-hetero) is 1. The van der Waals surface area contributed by atoms with Crippen molar-refractivity contribution >= 4 is 28.5 Å². The molecule has 7 rings (SSSR count). The van der Waals surface area contributed by atoms with E-state index in [1.807, 2.05) is 0 Å². The molecule has 4 heterocycles. The van der Waals surface area contributed by atoms with Crippen LogP contribution in [0.4, 0.5) is 0 Å². The number of nitrogens with one attached hydrogen (secondary N) is 1. The van der Waals surface area contributed by atoms with Gasteiger partial charge in [-0.15, -0.1) is 0 Å². The van der Waals surface area contributed by atoms with E-state index in [2.05, 4.69) is 15.1 Å². The zero-order chi connectivity index (χ0) is 21.7. The Hall–Kier alpha value is -2.52. The zero-order valence-corrected chi connectivity index (χ0v) is 18.2. The molecule has 0 aromatic carbocycles. The number of ketones is 1. The average molecular weight is 456 g/mol. The minimum Gasteiger partial charge on any atom is -0.379 e. The highest BCUT2D eigenvalue weighted by molar-refractivity contribution is 6.33. The van der Waals surface area contributed by atoms with Gasteiger partial charge in [0.05, 0.1) is 24.2 Å². The molecule has 4 aliphatic rings. The summed E-state index contributed by atoms with van der Waals surface area (Å²) in [5.74, 6) is 1.57. The van der Waals surface area contributed by atoms with E-state index in [1.165, 1.54) is 0 Å². The second kappa shape index (κ2) is 6.29. The molecule has 32 heavy (non-hydrogen) atoms. The van der Waals surface area contributed by atoms with Gasteiger partial charge in [0.2, 0.25) is 0 Å². The first-order valence-electron chi connectivity index (χ1n) is 11.3. The lowest BCUT2D eigenvalue weighted by molar-refractivity contribution is -0.128. The maximum atomic E-state index is 12.9. The summed E-state index contributed by atoms with van der Waals surface area (Å²) in [5, 5.41) is 4.50. The molecule has 0 bridgehead atoms. The van der Waals surface area contributed by atoms with Crippen molar-refractivity contribution in [3.05, 3.63) is 27.0 Å². The van der Waals surface area contributed by atoms with Crippen molar-refractivity contribution in [3.8, 4) is 11.5 Å². The summed E-state index contributed by atoms with van der Waals surface area (Å²) in [7, 11) is 0. The number of imidazole rings is 1. The number of carbonyl (C=O) groups is 1. The van der Waals surface area contributed by atoms with Gasteiger partial charge in [-0.2, -0.15) is 0 Å². The van der Waals surface area contributed by atoms with Crippen LogP contribution in [0.15, 0.2) is 9.32 Å². The van der Waals surface area contributed by atoms with Crippen molar-refractivity contribution < 1.29 is 14.1 Å². The highest BCUT2D eigenvalue weighted by Gasteiger charge is 2.61. The van der Waals surface area contributed by atoms with Gasteiger partial charge >= 0.3 is 5.69 Å². The number of H-pyrrole nitrogens is 1. The molecular weight excluding hydrogens is 434 g/mol. The average Bonchev–Trinajstić information content (AvgIpc) is 3.13. The summed E-state index contributed by atoms with van der Waals surface area (Å²) in [4.78, 5) is 37.8. The number of carbonyl (C=O) groups excluding carboxylic acids is 1. The third-order valence-electron chi connectivity index (χ3n) is 8.06. The first-order valence-corrected chi connectivity index (χ1v) is 11.7. The molecule has 1 N–H and O–H groups in total. The Morgan fingerprint density at radius 1 is 1.12 bits per heavy atom. The lowest BCUT2D eigenvalue weighted by atomic mass is 9.64. The normalized spacial score (nSPS) is 31.3. The molecule has 1 unspecified atom stereocenters. The second-order valence-electron chi connectivity index (χ2n) is 9.73. The van der Waals surface area contributed by atoms with E-state index in [-0.39, 0.29) is 22.2 Å². The zero-order valence-electron chi connectivity index (χ0n) is 17.4. The van der Waals surface area contributed by atoms with Crippen LogP contribution in [0.1, 0.15) is 56.3 Å². The highest BCUT2D eigenvalue weighted by Crippen LogP contribution is 2.55.